The molecule has 2 N–H and O–H groups in total. The fraction of sp³-hybridized carbons (Fsp3) is 0.333. The van der Waals surface area contributed by atoms with Gasteiger partial charge >= 0.3 is 6.18 Å². The van der Waals surface area contributed by atoms with Crippen LogP contribution in [0.2, 0.25) is 0 Å². The number of fused-ring (bicyclic) bond motifs is 1. The van der Waals surface area contributed by atoms with Gasteiger partial charge in [0.15, 0.2) is 0 Å². The monoisotopic (exact) mass is 361 g/mol. The third kappa shape index (κ3) is 3.37. The Morgan fingerprint density at radius 1 is 1.12 bits per heavy atom. The molecule has 0 unspecified atom stereocenters. The molecule has 3 aromatic heterocycles. The SMILES string of the molecule is FC(F)(F)c1ccc2ncc(-c3cccc(NC4CCNCC4)n3)n2c1. The lowest BCUT2D eigenvalue weighted by Gasteiger charge is -2.24. The van der Waals surface area contributed by atoms with Gasteiger partial charge in [-0.1, -0.05) is 6.07 Å². The first-order valence-corrected chi connectivity index (χ1v) is 8.50. The molecular formula is C18H18F3N5. The number of alkyl halides is 3. The van der Waals surface area contributed by atoms with E-state index in [1.165, 1.54) is 10.5 Å². The average molecular weight is 361 g/mol. The average Bonchev–Trinajstić information content (AvgIpc) is 3.05. The summed E-state index contributed by atoms with van der Waals surface area (Å²) < 4.78 is 40.5. The van der Waals surface area contributed by atoms with Crippen LogP contribution in [0.4, 0.5) is 19.0 Å². The number of imidazole rings is 1. The Hall–Kier alpha value is -2.61. The molecule has 0 amide bonds. The van der Waals surface area contributed by atoms with Gasteiger partial charge in [-0.05, 0) is 50.2 Å². The Bertz CT molecular complexity index is 913. The number of nitrogens with one attached hydrogen (secondary N) is 2. The summed E-state index contributed by atoms with van der Waals surface area (Å²) in [7, 11) is 0. The molecule has 8 heteroatoms. The normalized spacial score (nSPS) is 16.1. The molecule has 3 aromatic rings. The van der Waals surface area contributed by atoms with Crippen molar-refractivity contribution in [3.8, 4) is 11.4 Å². The summed E-state index contributed by atoms with van der Waals surface area (Å²) in [5.41, 5.74) is 0.843. The molecule has 0 spiro atoms. The minimum atomic E-state index is -4.40. The first-order valence-electron chi connectivity index (χ1n) is 8.50. The maximum absolute atomic E-state index is 13.0. The Balaban J connectivity index is 1.67. The Labute approximate surface area is 148 Å². The van der Waals surface area contributed by atoms with Crippen molar-refractivity contribution in [2.75, 3.05) is 18.4 Å². The highest BCUT2D eigenvalue weighted by Crippen LogP contribution is 2.30. The lowest BCUT2D eigenvalue weighted by Crippen LogP contribution is -2.35. The summed E-state index contributed by atoms with van der Waals surface area (Å²) >= 11 is 0. The van der Waals surface area contributed by atoms with E-state index in [-0.39, 0.29) is 0 Å². The zero-order chi connectivity index (χ0) is 18.1. The van der Waals surface area contributed by atoms with Gasteiger partial charge in [0.2, 0.25) is 0 Å². The van der Waals surface area contributed by atoms with Crippen molar-refractivity contribution in [3.63, 3.8) is 0 Å². The maximum Gasteiger partial charge on any atom is 0.417 e. The second-order valence-corrected chi connectivity index (χ2v) is 6.36. The van der Waals surface area contributed by atoms with Crippen molar-refractivity contribution >= 4 is 11.5 Å². The molecule has 0 bridgehead atoms. The third-order valence-electron chi connectivity index (χ3n) is 4.54. The van der Waals surface area contributed by atoms with Crippen molar-refractivity contribution in [2.45, 2.75) is 25.1 Å². The van der Waals surface area contributed by atoms with Crippen LogP contribution in [0.1, 0.15) is 18.4 Å². The predicted molar refractivity (Wildman–Crippen MR) is 92.9 cm³/mol. The van der Waals surface area contributed by atoms with Crippen LogP contribution in [0.15, 0.2) is 42.7 Å². The highest BCUT2D eigenvalue weighted by Gasteiger charge is 2.31. The molecule has 26 heavy (non-hydrogen) atoms. The summed E-state index contributed by atoms with van der Waals surface area (Å²) in [6, 6.07) is 8.24. The summed E-state index contributed by atoms with van der Waals surface area (Å²) in [5.74, 6) is 0.719. The van der Waals surface area contributed by atoms with Gasteiger partial charge in [0.1, 0.15) is 11.5 Å². The van der Waals surface area contributed by atoms with E-state index in [2.05, 4.69) is 20.6 Å². The second-order valence-electron chi connectivity index (χ2n) is 6.36. The van der Waals surface area contributed by atoms with Crippen molar-refractivity contribution in [3.05, 3.63) is 48.3 Å². The van der Waals surface area contributed by atoms with Crippen LogP contribution in [-0.2, 0) is 6.18 Å². The summed E-state index contributed by atoms with van der Waals surface area (Å²) in [6.07, 6.45) is 0.229. The van der Waals surface area contributed by atoms with Crippen molar-refractivity contribution in [1.82, 2.24) is 19.7 Å². The van der Waals surface area contributed by atoms with Crippen molar-refractivity contribution < 1.29 is 13.2 Å². The first kappa shape index (κ1) is 16.8. The second kappa shape index (κ2) is 6.60. The van der Waals surface area contributed by atoms with E-state index in [4.69, 9.17) is 0 Å². The molecule has 1 aliphatic heterocycles. The van der Waals surface area contributed by atoms with Crippen molar-refractivity contribution in [2.24, 2.45) is 0 Å². The van der Waals surface area contributed by atoms with Gasteiger partial charge in [0.05, 0.1) is 23.1 Å². The van der Waals surface area contributed by atoms with Gasteiger partial charge in [-0.15, -0.1) is 0 Å². The van der Waals surface area contributed by atoms with E-state index in [9.17, 15) is 13.2 Å². The molecule has 0 aliphatic carbocycles. The van der Waals surface area contributed by atoms with Crippen LogP contribution in [0.25, 0.3) is 17.0 Å². The van der Waals surface area contributed by atoms with Crippen LogP contribution >= 0.6 is 0 Å². The lowest BCUT2D eigenvalue weighted by molar-refractivity contribution is -0.137. The topological polar surface area (TPSA) is 54.2 Å². The van der Waals surface area contributed by atoms with E-state index in [1.54, 1.807) is 12.3 Å². The molecule has 0 atom stereocenters. The van der Waals surface area contributed by atoms with Crippen LogP contribution in [0.5, 0.6) is 0 Å². The largest absolute Gasteiger partial charge is 0.417 e. The summed E-state index contributed by atoms with van der Waals surface area (Å²) in [6.45, 7) is 1.93. The fourth-order valence-corrected chi connectivity index (χ4v) is 3.17. The molecule has 1 aliphatic rings. The van der Waals surface area contributed by atoms with E-state index in [0.29, 0.717) is 23.1 Å². The molecule has 0 aromatic carbocycles. The number of piperidine rings is 1. The highest BCUT2D eigenvalue weighted by atomic mass is 19.4. The Morgan fingerprint density at radius 3 is 2.69 bits per heavy atom. The zero-order valence-corrected chi connectivity index (χ0v) is 13.9. The predicted octanol–water partition coefficient (Wildman–Crippen LogP) is 3.58. The number of aromatic nitrogens is 3. The molecule has 0 saturated carbocycles. The van der Waals surface area contributed by atoms with Crippen LogP contribution in [0.3, 0.4) is 0 Å². The number of nitrogens with zero attached hydrogens (tertiary/aromatic N) is 3. The summed E-state index contributed by atoms with van der Waals surface area (Å²) in [4.78, 5) is 8.77. The number of rotatable bonds is 3. The van der Waals surface area contributed by atoms with E-state index in [1.807, 2.05) is 12.1 Å². The van der Waals surface area contributed by atoms with Gasteiger partial charge < -0.3 is 10.6 Å². The van der Waals surface area contributed by atoms with Gasteiger partial charge in [-0.3, -0.25) is 4.40 Å². The van der Waals surface area contributed by atoms with E-state index in [0.717, 1.165) is 44.0 Å². The minimum absolute atomic E-state index is 0.345. The molecule has 1 saturated heterocycles. The number of anilines is 1. The van der Waals surface area contributed by atoms with E-state index >= 15 is 0 Å². The van der Waals surface area contributed by atoms with Gasteiger partial charge in [0.25, 0.3) is 0 Å². The quantitative estimate of drug-likeness (QED) is 0.749. The van der Waals surface area contributed by atoms with Gasteiger partial charge in [0, 0.05) is 12.2 Å². The van der Waals surface area contributed by atoms with Gasteiger partial charge in [-0.2, -0.15) is 13.2 Å². The van der Waals surface area contributed by atoms with Crippen LogP contribution < -0.4 is 10.6 Å². The van der Waals surface area contributed by atoms with Crippen LogP contribution in [-0.4, -0.2) is 33.5 Å². The van der Waals surface area contributed by atoms with E-state index < -0.39 is 11.7 Å². The third-order valence-corrected chi connectivity index (χ3v) is 4.54. The van der Waals surface area contributed by atoms with Gasteiger partial charge in [-0.25, -0.2) is 9.97 Å². The first-order chi connectivity index (χ1) is 12.5. The number of hydrogen-bond acceptors (Lipinski definition) is 4. The van der Waals surface area contributed by atoms with Crippen molar-refractivity contribution in [1.29, 1.82) is 0 Å². The molecular weight excluding hydrogens is 343 g/mol. The fourth-order valence-electron chi connectivity index (χ4n) is 3.17. The maximum atomic E-state index is 13.0. The standard InChI is InChI=1S/C18H18F3N5/c19-18(20,21)12-4-5-17-23-10-15(26(17)11-12)14-2-1-3-16(25-14)24-13-6-8-22-9-7-13/h1-5,10-11,13,22H,6-9H2,(H,24,25). The Morgan fingerprint density at radius 2 is 1.92 bits per heavy atom. The minimum Gasteiger partial charge on any atom is -0.367 e. The molecule has 136 valence electrons. The van der Waals surface area contributed by atoms with Crippen LogP contribution in [0, 0.1) is 0 Å². The smallest absolute Gasteiger partial charge is 0.367 e. The molecule has 5 nitrogen and oxygen atoms in total. The number of hydrogen-bond donors (Lipinski definition) is 2. The lowest BCUT2D eigenvalue weighted by atomic mass is 10.1. The zero-order valence-electron chi connectivity index (χ0n) is 13.9. The molecule has 4 rings (SSSR count). The Kier molecular flexibility index (Phi) is 4.28. The number of pyridine rings is 2. The highest BCUT2D eigenvalue weighted by molar-refractivity contribution is 5.62. The summed E-state index contributed by atoms with van der Waals surface area (Å²) in [5, 5.41) is 6.71. The molecule has 1 fully saturated rings. The molecule has 0 radical (unpaired) electrons. The molecule has 4 heterocycles. The number of halogens is 3.